The summed E-state index contributed by atoms with van der Waals surface area (Å²) >= 11 is 0. The standard InChI is InChI=1S/C14H22N2O2/c1-16(2)10-13(17)9-15-8-11-3-4-14-12(7-11)5-6-18-14/h3-4,7,13,15,17H,5-6,8-10H2,1-2H3. The van der Waals surface area contributed by atoms with E-state index in [9.17, 15) is 5.11 Å². The van der Waals surface area contributed by atoms with Crippen molar-refractivity contribution in [3.8, 4) is 5.75 Å². The number of rotatable bonds is 6. The van der Waals surface area contributed by atoms with Crippen LogP contribution < -0.4 is 10.1 Å². The zero-order valence-corrected chi connectivity index (χ0v) is 11.1. The second-order valence-electron chi connectivity index (χ2n) is 5.09. The Labute approximate surface area is 109 Å². The molecular weight excluding hydrogens is 228 g/mol. The van der Waals surface area contributed by atoms with Gasteiger partial charge in [0.15, 0.2) is 0 Å². The normalized spacial score (nSPS) is 15.6. The summed E-state index contributed by atoms with van der Waals surface area (Å²) in [5, 5.41) is 13.0. The van der Waals surface area contributed by atoms with Crippen molar-refractivity contribution in [2.24, 2.45) is 0 Å². The lowest BCUT2D eigenvalue weighted by Gasteiger charge is -2.16. The van der Waals surface area contributed by atoms with E-state index in [1.54, 1.807) is 0 Å². The van der Waals surface area contributed by atoms with Gasteiger partial charge in [0.05, 0.1) is 12.7 Å². The first-order valence-corrected chi connectivity index (χ1v) is 6.43. The lowest BCUT2D eigenvalue weighted by Crippen LogP contribution is -2.34. The van der Waals surface area contributed by atoms with Crippen molar-refractivity contribution in [1.29, 1.82) is 0 Å². The number of aliphatic hydroxyl groups excluding tert-OH is 1. The van der Waals surface area contributed by atoms with Gasteiger partial charge in [-0.2, -0.15) is 0 Å². The molecule has 4 nitrogen and oxygen atoms in total. The largest absolute Gasteiger partial charge is 0.493 e. The van der Waals surface area contributed by atoms with Gasteiger partial charge in [-0.1, -0.05) is 12.1 Å². The van der Waals surface area contributed by atoms with Gasteiger partial charge >= 0.3 is 0 Å². The minimum Gasteiger partial charge on any atom is -0.493 e. The summed E-state index contributed by atoms with van der Waals surface area (Å²) in [6.07, 6.45) is 0.685. The van der Waals surface area contributed by atoms with E-state index in [1.807, 2.05) is 25.1 Å². The van der Waals surface area contributed by atoms with Crippen LogP contribution in [-0.4, -0.2) is 49.9 Å². The molecule has 0 saturated heterocycles. The summed E-state index contributed by atoms with van der Waals surface area (Å²) in [7, 11) is 3.92. The molecule has 1 unspecified atom stereocenters. The Balaban J connectivity index is 1.77. The quantitative estimate of drug-likeness (QED) is 0.777. The van der Waals surface area contributed by atoms with E-state index in [4.69, 9.17) is 4.74 Å². The summed E-state index contributed by atoms with van der Waals surface area (Å²) < 4.78 is 5.47. The van der Waals surface area contributed by atoms with E-state index < -0.39 is 0 Å². The molecule has 1 aromatic rings. The molecule has 100 valence electrons. The van der Waals surface area contributed by atoms with Gasteiger partial charge in [-0.3, -0.25) is 0 Å². The molecule has 1 aliphatic rings. The third kappa shape index (κ3) is 3.70. The number of benzene rings is 1. The Kier molecular flexibility index (Phi) is 4.58. The minimum atomic E-state index is -0.322. The SMILES string of the molecule is CN(C)CC(O)CNCc1ccc2c(c1)CCO2. The van der Waals surface area contributed by atoms with E-state index >= 15 is 0 Å². The number of ether oxygens (including phenoxy) is 1. The fourth-order valence-electron chi connectivity index (χ4n) is 2.22. The summed E-state index contributed by atoms with van der Waals surface area (Å²) in [6.45, 7) is 2.89. The van der Waals surface area contributed by atoms with Crippen LogP contribution in [0.3, 0.4) is 0 Å². The summed E-state index contributed by atoms with van der Waals surface area (Å²) in [4.78, 5) is 1.99. The van der Waals surface area contributed by atoms with Gasteiger partial charge in [0, 0.05) is 26.1 Å². The molecule has 0 fully saturated rings. The predicted molar refractivity (Wildman–Crippen MR) is 71.9 cm³/mol. The van der Waals surface area contributed by atoms with Crippen molar-refractivity contribution < 1.29 is 9.84 Å². The van der Waals surface area contributed by atoms with Gasteiger partial charge in [0.1, 0.15) is 5.75 Å². The molecule has 0 bridgehead atoms. The lowest BCUT2D eigenvalue weighted by molar-refractivity contribution is 0.134. The zero-order chi connectivity index (χ0) is 13.0. The number of nitrogens with one attached hydrogen (secondary N) is 1. The van der Waals surface area contributed by atoms with Gasteiger partial charge in [0.2, 0.25) is 0 Å². The second kappa shape index (κ2) is 6.18. The third-order valence-corrected chi connectivity index (χ3v) is 3.04. The van der Waals surface area contributed by atoms with Gasteiger partial charge < -0.3 is 20.1 Å². The van der Waals surface area contributed by atoms with Crippen LogP contribution in [0.15, 0.2) is 18.2 Å². The highest BCUT2D eigenvalue weighted by molar-refractivity contribution is 5.39. The molecule has 1 aromatic carbocycles. The highest BCUT2D eigenvalue weighted by atomic mass is 16.5. The topological polar surface area (TPSA) is 44.7 Å². The van der Waals surface area contributed by atoms with Crippen molar-refractivity contribution in [3.05, 3.63) is 29.3 Å². The van der Waals surface area contributed by atoms with E-state index in [2.05, 4.69) is 17.4 Å². The third-order valence-electron chi connectivity index (χ3n) is 3.04. The van der Waals surface area contributed by atoms with Crippen molar-refractivity contribution >= 4 is 0 Å². The maximum atomic E-state index is 9.73. The van der Waals surface area contributed by atoms with E-state index in [0.717, 1.165) is 25.3 Å². The number of likely N-dealkylation sites (N-methyl/N-ethyl adjacent to an activating group) is 1. The summed E-state index contributed by atoms with van der Waals surface area (Å²) in [5.41, 5.74) is 2.54. The summed E-state index contributed by atoms with van der Waals surface area (Å²) in [6, 6.07) is 6.30. The summed E-state index contributed by atoms with van der Waals surface area (Å²) in [5.74, 6) is 1.02. The first-order valence-electron chi connectivity index (χ1n) is 6.43. The van der Waals surface area contributed by atoms with Crippen molar-refractivity contribution in [3.63, 3.8) is 0 Å². The van der Waals surface area contributed by atoms with E-state index in [-0.39, 0.29) is 6.10 Å². The highest BCUT2D eigenvalue weighted by Crippen LogP contribution is 2.25. The Morgan fingerprint density at radius 1 is 1.44 bits per heavy atom. The Morgan fingerprint density at radius 2 is 2.28 bits per heavy atom. The molecule has 18 heavy (non-hydrogen) atoms. The molecule has 0 amide bonds. The smallest absolute Gasteiger partial charge is 0.122 e. The van der Waals surface area contributed by atoms with Crippen LogP contribution in [-0.2, 0) is 13.0 Å². The highest BCUT2D eigenvalue weighted by Gasteiger charge is 2.12. The van der Waals surface area contributed by atoms with Crippen LogP contribution in [0.2, 0.25) is 0 Å². The molecule has 2 rings (SSSR count). The lowest BCUT2D eigenvalue weighted by atomic mass is 10.1. The Morgan fingerprint density at radius 3 is 3.06 bits per heavy atom. The zero-order valence-electron chi connectivity index (χ0n) is 11.1. The number of nitrogens with zero attached hydrogens (tertiary/aromatic N) is 1. The number of aliphatic hydroxyl groups is 1. The van der Waals surface area contributed by atoms with Crippen LogP contribution in [0.5, 0.6) is 5.75 Å². The monoisotopic (exact) mass is 250 g/mol. The fourth-order valence-corrected chi connectivity index (χ4v) is 2.22. The first kappa shape index (κ1) is 13.3. The number of hydrogen-bond acceptors (Lipinski definition) is 4. The Bertz CT molecular complexity index is 393. The van der Waals surface area contributed by atoms with Crippen LogP contribution in [0.25, 0.3) is 0 Å². The molecule has 1 aliphatic heterocycles. The second-order valence-corrected chi connectivity index (χ2v) is 5.09. The fraction of sp³-hybridized carbons (Fsp3) is 0.571. The van der Waals surface area contributed by atoms with Crippen molar-refractivity contribution in [2.45, 2.75) is 19.1 Å². The van der Waals surface area contributed by atoms with E-state index in [0.29, 0.717) is 13.1 Å². The molecule has 0 aliphatic carbocycles. The molecule has 0 saturated carbocycles. The average Bonchev–Trinajstić information content (AvgIpc) is 2.75. The van der Waals surface area contributed by atoms with Crippen LogP contribution >= 0.6 is 0 Å². The van der Waals surface area contributed by atoms with Gasteiger partial charge in [-0.15, -0.1) is 0 Å². The van der Waals surface area contributed by atoms with Crippen LogP contribution in [0.1, 0.15) is 11.1 Å². The van der Waals surface area contributed by atoms with E-state index in [1.165, 1.54) is 11.1 Å². The molecule has 0 radical (unpaired) electrons. The van der Waals surface area contributed by atoms with Gasteiger partial charge in [0.25, 0.3) is 0 Å². The van der Waals surface area contributed by atoms with Gasteiger partial charge in [-0.05, 0) is 31.3 Å². The molecule has 0 spiro atoms. The predicted octanol–water partition coefficient (Wildman–Crippen LogP) is 0.634. The van der Waals surface area contributed by atoms with Crippen LogP contribution in [0.4, 0.5) is 0 Å². The van der Waals surface area contributed by atoms with Gasteiger partial charge in [-0.25, -0.2) is 0 Å². The minimum absolute atomic E-state index is 0.322. The molecular formula is C14H22N2O2. The number of fused-ring (bicyclic) bond motifs is 1. The first-order chi connectivity index (χ1) is 8.65. The average molecular weight is 250 g/mol. The maximum Gasteiger partial charge on any atom is 0.122 e. The number of hydrogen-bond donors (Lipinski definition) is 2. The molecule has 2 N–H and O–H groups in total. The molecule has 1 heterocycles. The van der Waals surface area contributed by atoms with Crippen molar-refractivity contribution in [1.82, 2.24) is 10.2 Å². The Hall–Kier alpha value is -1.10. The van der Waals surface area contributed by atoms with Crippen molar-refractivity contribution in [2.75, 3.05) is 33.8 Å². The van der Waals surface area contributed by atoms with Crippen LogP contribution in [0, 0.1) is 0 Å². The molecule has 0 aromatic heterocycles. The maximum absolute atomic E-state index is 9.73. The molecule has 1 atom stereocenters. The molecule has 4 heteroatoms.